The lowest BCUT2D eigenvalue weighted by Crippen LogP contribution is -2.28. The van der Waals surface area contributed by atoms with E-state index in [-0.39, 0.29) is 23.6 Å². The summed E-state index contributed by atoms with van der Waals surface area (Å²) in [5.41, 5.74) is 3.54. The summed E-state index contributed by atoms with van der Waals surface area (Å²) >= 11 is 1.29. The van der Waals surface area contributed by atoms with Gasteiger partial charge in [-0.2, -0.15) is 0 Å². The Kier molecular flexibility index (Phi) is 7.83. The largest absolute Gasteiger partial charge is 0.342 e. The third kappa shape index (κ3) is 5.85. The van der Waals surface area contributed by atoms with Gasteiger partial charge in [0.25, 0.3) is 5.91 Å². The van der Waals surface area contributed by atoms with E-state index in [0.717, 1.165) is 16.8 Å². The molecule has 3 aromatic rings. The van der Waals surface area contributed by atoms with Gasteiger partial charge in [-0.25, -0.2) is 0 Å². The molecule has 0 bridgehead atoms. The summed E-state index contributed by atoms with van der Waals surface area (Å²) in [6.45, 7) is 10.1. The number of hydrogen-bond acceptors (Lipinski definition) is 5. The molecule has 166 valence electrons. The van der Waals surface area contributed by atoms with Crippen molar-refractivity contribution >= 4 is 29.3 Å². The zero-order valence-corrected chi connectivity index (χ0v) is 19.3. The summed E-state index contributed by atoms with van der Waals surface area (Å²) in [5, 5.41) is 15.0. The molecule has 2 N–H and O–H groups in total. The maximum absolute atomic E-state index is 12.5. The summed E-state index contributed by atoms with van der Waals surface area (Å²) in [5.74, 6) is 0.481. The molecule has 0 fully saturated rings. The van der Waals surface area contributed by atoms with Crippen LogP contribution < -0.4 is 10.6 Å². The SMILES string of the molecule is C=CCn1c(SCC(=O)Nc2ccc(C)cc2C)nnc1[C@H](C)NC(=O)c1ccccc1. The van der Waals surface area contributed by atoms with Crippen LogP contribution >= 0.6 is 11.8 Å². The first kappa shape index (κ1) is 23.3. The third-order valence-electron chi connectivity index (χ3n) is 4.82. The standard InChI is InChI=1S/C24H27N5O2S/c1-5-13-29-22(18(4)25-23(31)19-9-7-6-8-10-19)27-28-24(29)32-15-21(30)26-20-12-11-16(2)14-17(20)3/h5-12,14,18H,1,13,15H2,2-4H3,(H,25,31)(H,26,30)/t18-/m0/s1. The number of benzene rings is 2. The first-order valence-electron chi connectivity index (χ1n) is 10.3. The van der Waals surface area contributed by atoms with Crippen molar-refractivity contribution in [2.45, 2.75) is 38.5 Å². The van der Waals surface area contributed by atoms with Crippen molar-refractivity contribution in [3.8, 4) is 0 Å². The first-order valence-corrected chi connectivity index (χ1v) is 11.3. The lowest BCUT2D eigenvalue weighted by molar-refractivity contribution is -0.113. The summed E-state index contributed by atoms with van der Waals surface area (Å²) in [7, 11) is 0. The van der Waals surface area contributed by atoms with Gasteiger partial charge in [-0.3, -0.25) is 9.59 Å². The fourth-order valence-electron chi connectivity index (χ4n) is 3.23. The predicted octanol–water partition coefficient (Wildman–Crippen LogP) is 4.30. The Morgan fingerprint density at radius 2 is 1.91 bits per heavy atom. The minimum absolute atomic E-state index is 0.123. The normalized spacial score (nSPS) is 11.6. The van der Waals surface area contributed by atoms with E-state index in [0.29, 0.717) is 23.1 Å². The number of anilines is 1. The number of carbonyl (C=O) groups is 2. The summed E-state index contributed by atoms with van der Waals surface area (Å²) in [6, 6.07) is 14.5. The monoisotopic (exact) mass is 449 g/mol. The van der Waals surface area contributed by atoms with Crippen LogP contribution in [-0.4, -0.2) is 32.3 Å². The second kappa shape index (κ2) is 10.8. The summed E-state index contributed by atoms with van der Waals surface area (Å²) in [6.07, 6.45) is 1.73. The van der Waals surface area contributed by atoms with Crippen molar-refractivity contribution < 1.29 is 9.59 Å². The number of nitrogens with one attached hydrogen (secondary N) is 2. The van der Waals surface area contributed by atoms with E-state index in [4.69, 9.17) is 0 Å². The van der Waals surface area contributed by atoms with E-state index < -0.39 is 0 Å². The second-order valence-electron chi connectivity index (χ2n) is 7.46. The average Bonchev–Trinajstić information content (AvgIpc) is 3.18. The number of rotatable bonds is 9. The molecule has 0 unspecified atom stereocenters. The highest BCUT2D eigenvalue weighted by Crippen LogP contribution is 2.22. The van der Waals surface area contributed by atoms with Crippen molar-refractivity contribution in [2.24, 2.45) is 0 Å². The molecular weight excluding hydrogens is 422 g/mol. The van der Waals surface area contributed by atoms with Crippen LogP contribution in [-0.2, 0) is 11.3 Å². The Morgan fingerprint density at radius 1 is 1.16 bits per heavy atom. The first-order chi connectivity index (χ1) is 15.4. The van der Waals surface area contributed by atoms with Crippen molar-refractivity contribution in [3.63, 3.8) is 0 Å². The number of carbonyl (C=O) groups excluding carboxylic acids is 2. The van der Waals surface area contributed by atoms with Gasteiger partial charge in [0.1, 0.15) is 0 Å². The van der Waals surface area contributed by atoms with Gasteiger partial charge in [0, 0.05) is 17.8 Å². The lowest BCUT2D eigenvalue weighted by atomic mass is 10.1. The van der Waals surface area contributed by atoms with Crippen LogP contribution in [0.25, 0.3) is 0 Å². The highest BCUT2D eigenvalue weighted by atomic mass is 32.2. The van der Waals surface area contributed by atoms with E-state index in [1.165, 1.54) is 11.8 Å². The van der Waals surface area contributed by atoms with Gasteiger partial charge < -0.3 is 15.2 Å². The van der Waals surface area contributed by atoms with Crippen LogP contribution in [0.15, 0.2) is 66.3 Å². The van der Waals surface area contributed by atoms with Crippen molar-refractivity contribution in [3.05, 3.63) is 83.7 Å². The molecule has 2 amide bonds. The van der Waals surface area contributed by atoms with Crippen LogP contribution in [0.5, 0.6) is 0 Å². The highest BCUT2D eigenvalue weighted by molar-refractivity contribution is 7.99. The number of nitrogens with zero attached hydrogens (tertiary/aromatic N) is 3. The molecule has 32 heavy (non-hydrogen) atoms. The smallest absolute Gasteiger partial charge is 0.251 e. The maximum Gasteiger partial charge on any atom is 0.251 e. The molecule has 0 saturated carbocycles. The summed E-state index contributed by atoms with van der Waals surface area (Å²) in [4.78, 5) is 25.0. The Balaban J connectivity index is 1.66. The van der Waals surface area contributed by atoms with Crippen molar-refractivity contribution in [1.29, 1.82) is 0 Å². The zero-order chi connectivity index (χ0) is 23.1. The molecule has 0 radical (unpaired) electrons. The molecule has 0 aliphatic carbocycles. The quantitative estimate of drug-likeness (QED) is 0.376. The fourth-order valence-corrected chi connectivity index (χ4v) is 3.99. The van der Waals surface area contributed by atoms with E-state index in [9.17, 15) is 9.59 Å². The van der Waals surface area contributed by atoms with Gasteiger partial charge in [0.05, 0.1) is 11.8 Å². The fraction of sp³-hybridized carbons (Fsp3) is 0.250. The molecule has 1 aromatic heterocycles. The Bertz CT molecular complexity index is 1110. The highest BCUT2D eigenvalue weighted by Gasteiger charge is 2.20. The van der Waals surface area contributed by atoms with Crippen LogP contribution in [0.1, 0.15) is 40.3 Å². The maximum atomic E-state index is 12.5. The molecular formula is C24H27N5O2S. The topological polar surface area (TPSA) is 88.9 Å². The molecule has 0 spiro atoms. The van der Waals surface area contributed by atoms with Crippen LogP contribution in [0, 0.1) is 13.8 Å². The molecule has 0 saturated heterocycles. The molecule has 2 aromatic carbocycles. The molecule has 7 nitrogen and oxygen atoms in total. The predicted molar refractivity (Wildman–Crippen MR) is 128 cm³/mol. The molecule has 1 atom stereocenters. The molecule has 3 rings (SSSR count). The van der Waals surface area contributed by atoms with Crippen molar-refractivity contribution in [2.75, 3.05) is 11.1 Å². The van der Waals surface area contributed by atoms with E-state index in [1.807, 2.05) is 61.7 Å². The van der Waals surface area contributed by atoms with Gasteiger partial charge in [0.15, 0.2) is 11.0 Å². The zero-order valence-electron chi connectivity index (χ0n) is 18.5. The van der Waals surface area contributed by atoms with Crippen LogP contribution in [0.2, 0.25) is 0 Å². The number of thioether (sulfide) groups is 1. The van der Waals surface area contributed by atoms with Gasteiger partial charge in [-0.15, -0.1) is 16.8 Å². The number of aromatic nitrogens is 3. The van der Waals surface area contributed by atoms with E-state index >= 15 is 0 Å². The van der Waals surface area contributed by atoms with Crippen LogP contribution in [0.4, 0.5) is 5.69 Å². The molecule has 8 heteroatoms. The van der Waals surface area contributed by atoms with E-state index in [1.54, 1.807) is 18.2 Å². The lowest BCUT2D eigenvalue weighted by Gasteiger charge is -2.15. The molecule has 0 aliphatic heterocycles. The van der Waals surface area contributed by atoms with Crippen molar-refractivity contribution in [1.82, 2.24) is 20.1 Å². The second-order valence-corrected chi connectivity index (χ2v) is 8.40. The van der Waals surface area contributed by atoms with Gasteiger partial charge in [-0.05, 0) is 44.5 Å². The van der Waals surface area contributed by atoms with Gasteiger partial charge >= 0.3 is 0 Å². The number of aryl methyl sites for hydroxylation is 2. The Hall–Kier alpha value is -3.39. The van der Waals surface area contributed by atoms with Gasteiger partial charge in [-0.1, -0.05) is 53.7 Å². The van der Waals surface area contributed by atoms with Crippen LogP contribution in [0.3, 0.4) is 0 Å². The third-order valence-corrected chi connectivity index (χ3v) is 5.78. The number of amides is 2. The number of hydrogen-bond donors (Lipinski definition) is 2. The molecule has 0 aliphatic rings. The number of allylic oxidation sites excluding steroid dienone is 1. The summed E-state index contributed by atoms with van der Waals surface area (Å²) < 4.78 is 1.86. The van der Waals surface area contributed by atoms with Gasteiger partial charge in [0.2, 0.25) is 5.91 Å². The Morgan fingerprint density at radius 3 is 2.59 bits per heavy atom. The minimum Gasteiger partial charge on any atom is -0.342 e. The Labute approximate surface area is 192 Å². The molecule has 1 heterocycles. The average molecular weight is 450 g/mol. The van der Waals surface area contributed by atoms with E-state index in [2.05, 4.69) is 27.4 Å². The minimum atomic E-state index is -0.367.